The first-order valence-corrected chi connectivity index (χ1v) is 8.04. The normalized spacial score (nSPS) is 11.1. The summed E-state index contributed by atoms with van der Waals surface area (Å²) in [5, 5.41) is 7.36. The number of benzene rings is 1. The number of rotatable bonds is 3. The van der Waals surface area contributed by atoms with Gasteiger partial charge < -0.3 is 0 Å². The lowest BCUT2D eigenvalue weighted by molar-refractivity contribution is 0.101. The van der Waals surface area contributed by atoms with E-state index in [4.69, 9.17) is 0 Å². The van der Waals surface area contributed by atoms with Gasteiger partial charge in [-0.15, -0.1) is 0 Å². The van der Waals surface area contributed by atoms with E-state index in [2.05, 4.69) is 15.4 Å². The largest absolute Gasteiger partial charge is 0.296 e. The first kappa shape index (κ1) is 15.4. The summed E-state index contributed by atoms with van der Waals surface area (Å²) in [5.41, 5.74) is 1.95. The summed E-state index contributed by atoms with van der Waals surface area (Å²) in [6.07, 6.45) is 0. The number of carbonyl (C=O) groups is 1. The summed E-state index contributed by atoms with van der Waals surface area (Å²) in [5.74, 6) is -0.379. The van der Waals surface area contributed by atoms with Crippen molar-refractivity contribution in [2.75, 3.05) is 5.32 Å². The number of fused-ring (bicyclic) bond motifs is 1. The zero-order valence-corrected chi connectivity index (χ0v) is 13.8. The molecule has 118 valence electrons. The third kappa shape index (κ3) is 3.14. The zero-order valence-electron chi connectivity index (χ0n) is 13.0. The van der Waals surface area contributed by atoms with Crippen LogP contribution >= 0.6 is 11.3 Å². The van der Waals surface area contributed by atoms with E-state index in [1.54, 1.807) is 0 Å². The fraction of sp³-hybridized carbons (Fsp3) is 0.250. The highest BCUT2D eigenvalue weighted by atomic mass is 32.1. The van der Waals surface area contributed by atoms with Gasteiger partial charge in [-0.25, -0.2) is 9.67 Å². The minimum Gasteiger partial charge on any atom is -0.296 e. The summed E-state index contributed by atoms with van der Waals surface area (Å²) in [4.78, 5) is 28.4. The number of aromatic nitrogens is 3. The SMILES string of the molecule is Cc1ccc2nc(NC(=O)c3ccc(=O)n(C(C)C)n3)sc2c1. The lowest BCUT2D eigenvalue weighted by atomic mass is 10.2. The van der Waals surface area contributed by atoms with Crippen molar-refractivity contribution in [1.29, 1.82) is 0 Å². The molecule has 6 nitrogen and oxygen atoms in total. The lowest BCUT2D eigenvalue weighted by Gasteiger charge is -2.09. The molecule has 3 aromatic rings. The van der Waals surface area contributed by atoms with Crippen molar-refractivity contribution in [1.82, 2.24) is 14.8 Å². The average Bonchev–Trinajstić information content (AvgIpc) is 2.88. The molecule has 0 aliphatic rings. The summed E-state index contributed by atoms with van der Waals surface area (Å²) < 4.78 is 2.30. The molecule has 2 heterocycles. The zero-order chi connectivity index (χ0) is 16.6. The second kappa shape index (κ2) is 5.92. The van der Waals surface area contributed by atoms with E-state index in [-0.39, 0.29) is 23.2 Å². The summed E-state index contributed by atoms with van der Waals surface area (Å²) in [6.45, 7) is 5.69. The highest BCUT2D eigenvalue weighted by Gasteiger charge is 2.13. The molecule has 0 unspecified atom stereocenters. The number of thiazole rings is 1. The van der Waals surface area contributed by atoms with Crippen molar-refractivity contribution >= 4 is 32.6 Å². The molecule has 1 aromatic carbocycles. The topological polar surface area (TPSA) is 76.9 Å². The smallest absolute Gasteiger partial charge is 0.277 e. The van der Waals surface area contributed by atoms with Crippen LogP contribution in [0.3, 0.4) is 0 Å². The maximum Gasteiger partial charge on any atom is 0.277 e. The fourth-order valence-electron chi connectivity index (χ4n) is 2.16. The van der Waals surface area contributed by atoms with E-state index >= 15 is 0 Å². The van der Waals surface area contributed by atoms with Crippen LogP contribution in [0.1, 0.15) is 35.9 Å². The average molecular weight is 328 g/mol. The third-order valence-corrected chi connectivity index (χ3v) is 4.24. The Morgan fingerprint density at radius 3 is 2.78 bits per heavy atom. The molecular formula is C16H16N4O2S. The number of hydrogen-bond donors (Lipinski definition) is 1. The monoisotopic (exact) mass is 328 g/mol. The van der Waals surface area contributed by atoms with E-state index in [1.807, 2.05) is 39.0 Å². The summed E-state index contributed by atoms with van der Waals surface area (Å²) >= 11 is 1.41. The minimum atomic E-state index is -0.379. The predicted octanol–water partition coefficient (Wildman–Crippen LogP) is 2.99. The first-order valence-electron chi connectivity index (χ1n) is 7.22. The fourth-order valence-corrected chi connectivity index (χ4v) is 3.12. The van der Waals surface area contributed by atoms with Gasteiger partial charge in [-0.1, -0.05) is 17.4 Å². The molecule has 0 saturated heterocycles. The first-order chi connectivity index (χ1) is 10.9. The molecule has 0 radical (unpaired) electrons. The van der Waals surface area contributed by atoms with Gasteiger partial charge in [0.25, 0.3) is 11.5 Å². The van der Waals surface area contributed by atoms with Crippen molar-refractivity contribution in [3.05, 3.63) is 51.9 Å². The van der Waals surface area contributed by atoms with Gasteiger partial charge in [-0.05, 0) is 44.5 Å². The van der Waals surface area contributed by atoms with E-state index in [0.717, 1.165) is 15.8 Å². The molecule has 0 aliphatic heterocycles. The second-order valence-electron chi connectivity index (χ2n) is 5.54. The molecule has 0 spiro atoms. The Bertz CT molecular complexity index is 943. The third-order valence-electron chi connectivity index (χ3n) is 3.31. The van der Waals surface area contributed by atoms with Crippen LogP contribution in [0.5, 0.6) is 0 Å². The minimum absolute atomic E-state index is 0.110. The number of amides is 1. The number of nitrogens with one attached hydrogen (secondary N) is 1. The molecule has 0 atom stereocenters. The number of hydrogen-bond acceptors (Lipinski definition) is 5. The number of anilines is 1. The maximum absolute atomic E-state index is 12.3. The van der Waals surface area contributed by atoms with Gasteiger partial charge in [0.1, 0.15) is 5.69 Å². The van der Waals surface area contributed by atoms with Crippen LogP contribution in [-0.2, 0) is 0 Å². The van der Waals surface area contributed by atoms with Crippen LogP contribution in [0.4, 0.5) is 5.13 Å². The van der Waals surface area contributed by atoms with Gasteiger partial charge in [-0.2, -0.15) is 5.10 Å². The van der Waals surface area contributed by atoms with Crippen molar-refractivity contribution < 1.29 is 4.79 Å². The van der Waals surface area contributed by atoms with Crippen LogP contribution in [0.25, 0.3) is 10.2 Å². The van der Waals surface area contributed by atoms with Gasteiger partial charge >= 0.3 is 0 Å². The molecule has 0 aliphatic carbocycles. The lowest BCUT2D eigenvalue weighted by Crippen LogP contribution is -2.27. The molecule has 1 amide bonds. The Kier molecular flexibility index (Phi) is 3.96. The van der Waals surface area contributed by atoms with Gasteiger partial charge in [0.05, 0.1) is 16.3 Å². The quantitative estimate of drug-likeness (QED) is 0.802. The number of carbonyl (C=O) groups excluding carboxylic acids is 1. The van der Waals surface area contributed by atoms with Crippen LogP contribution in [0.2, 0.25) is 0 Å². The highest BCUT2D eigenvalue weighted by molar-refractivity contribution is 7.22. The standard InChI is InChI=1S/C16H16N4O2S/c1-9(2)20-14(21)7-6-12(19-20)15(22)18-16-17-11-5-4-10(3)8-13(11)23-16/h4-9H,1-3H3,(H,17,18,22). The maximum atomic E-state index is 12.3. The number of aryl methyl sites for hydroxylation is 1. The Morgan fingerprint density at radius 2 is 2.04 bits per heavy atom. The molecule has 3 rings (SSSR count). The molecule has 23 heavy (non-hydrogen) atoms. The van der Waals surface area contributed by atoms with Crippen molar-refractivity contribution in [3.8, 4) is 0 Å². The molecule has 0 bridgehead atoms. The van der Waals surface area contributed by atoms with E-state index < -0.39 is 0 Å². The Balaban J connectivity index is 1.88. The second-order valence-corrected chi connectivity index (χ2v) is 6.57. The van der Waals surface area contributed by atoms with Gasteiger partial charge in [0.2, 0.25) is 0 Å². The number of nitrogens with zero attached hydrogens (tertiary/aromatic N) is 3. The summed E-state index contributed by atoms with van der Waals surface area (Å²) in [6, 6.07) is 8.60. The van der Waals surface area contributed by atoms with E-state index in [9.17, 15) is 9.59 Å². The van der Waals surface area contributed by atoms with Crippen molar-refractivity contribution in [3.63, 3.8) is 0 Å². The van der Waals surface area contributed by atoms with Crippen LogP contribution in [-0.4, -0.2) is 20.7 Å². The Morgan fingerprint density at radius 1 is 1.26 bits per heavy atom. The predicted molar refractivity (Wildman–Crippen MR) is 91.2 cm³/mol. The van der Waals surface area contributed by atoms with Gasteiger partial charge in [-0.3, -0.25) is 14.9 Å². The van der Waals surface area contributed by atoms with Crippen LogP contribution in [0, 0.1) is 6.92 Å². The van der Waals surface area contributed by atoms with Crippen LogP contribution in [0.15, 0.2) is 35.1 Å². The Labute approximate surface area is 136 Å². The van der Waals surface area contributed by atoms with Crippen molar-refractivity contribution in [2.24, 2.45) is 0 Å². The van der Waals surface area contributed by atoms with Crippen molar-refractivity contribution in [2.45, 2.75) is 26.8 Å². The molecule has 1 N–H and O–H groups in total. The van der Waals surface area contributed by atoms with E-state index in [0.29, 0.717) is 5.13 Å². The molecular weight excluding hydrogens is 312 g/mol. The Hall–Kier alpha value is -2.54. The molecule has 0 fully saturated rings. The van der Waals surface area contributed by atoms with E-state index in [1.165, 1.54) is 28.2 Å². The van der Waals surface area contributed by atoms with Gasteiger partial charge in [0, 0.05) is 6.07 Å². The summed E-state index contributed by atoms with van der Waals surface area (Å²) in [7, 11) is 0. The highest BCUT2D eigenvalue weighted by Crippen LogP contribution is 2.26. The molecule has 7 heteroatoms. The van der Waals surface area contributed by atoms with Crippen LogP contribution < -0.4 is 10.9 Å². The molecule has 2 aromatic heterocycles. The van der Waals surface area contributed by atoms with Gasteiger partial charge in [0.15, 0.2) is 5.13 Å². The molecule has 0 saturated carbocycles.